The number of fused-ring (bicyclic) bond motifs is 1. The summed E-state index contributed by atoms with van der Waals surface area (Å²) in [4.78, 5) is 21.4. The fourth-order valence-corrected chi connectivity index (χ4v) is 4.07. The molecule has 154 valence electrons. The molecule has 1 amide bonds. The lowest BCUT2D eigenvalue weighted by atomic mass is 10.4. The second kappa shape index (κ2) is 8.21. The van der Waals surface area contributed by atoms with Gasteiger partial charge in [0.05, 0.1) is 21.5 Å². The van der Waals surface area contributed by atoms with E-state index in [2.05, 4.69) is 30.6 Å². The Morgan fingerprint density at radius 2 is 1.80 bits per heavy atom. The second-order valence-electron chi connectivity index (χ2n) is 6.55. The Bertz CT molecular complexity index is 1250. The first kappa shape index (κ1) is 20.6. The summed E-state index contributed by atoms with van der Waals surface area (Å²) in [5.74, 6) is 0.745. The Morgan fingerprint density at radius 3 is 2.53 bits per heavy atom. The van der Waals surface area contributed by atoms with Gasteiger partial charge in [-0.15, -0.1) is 10.2 Å². The molecule has 0 aliphatic heterocycles. The Morgan fingerprint density at radius 1 is 1.07 bits per heavy atom. The highest BCUT2D eigenvalue weighted by Gasteiger charge is 2.16. The normalized spacial score (nSPS) is 11.2. The van der Waals surface area contributed by atoms with Crippen LogP contribution < -0.4 is 5.32 Å². The lowest BCUT2D eigenvalue weighted by molar-refractivity contribution is -0.113. The minimum Gasteiger partial charge on any atom is -0.310 e. The molecule has 30 heavy (non-hydrogen) atoms. The van der Waals surface area contributed by atoms with Gasteiger partial charge >= 0.3 is 0 Å². The van der Waals surface area contributed by atoms with Crippen LogP contribution in [0.3, 0.4) is 0 Å². The molecular weight excluding hydrogens is 447 g/mol. The number of halogens is 2. The van der Waals surface area contributed by atoms with Crippen LogP contribution in [-0.2, 0) is 4.79 Å². The minimum atomic E-state index is -0.240. The van der Waals surface area contributed by atoms with Crippen LogP contribution >= 0.6 is 35.0 Å². The maximum Gasteiger partial charge on any atom is 0.252 e. The number of hydrogen-bond donors (Lipinski definition) is 1. The summed E-state index contributed by atoms with van der Waals surface area (Å²) >= 11 is 13.4. The Balaban J connectivity index is 1.52. The number of aromatic nitrogens is 7. The van der Waals surface area contributed by atoms with E-state index < -0.39 is 0 Å². The number of hydrogen-bond acceptors (Lipinski definition) is 7. The molecule has 0 fully saturated rings. The van der Waals surface area contributed by atoms with E-state index in [1.165, 1.54) is 16.4 Å². The smallest absolute Gasteiger partial charge is 0.252 e. The van der Waals surface area contributed by atoms with Gasteiger partial charge in [-0.25, -0.2) is 9.97 Å². The zero-order chi connectivity index (χ0) is 21.4. The predicted molar refractivity (Wildman–Crippen MR) is 116 cm³/mol. The zero-order valence-electron chi connectivity index (χ0n) is 16.2. The molecule has 0 bridgehead atoms. The average molecular weight is 463 g/mol. The Kier molecular flexibility index (Phi) is 5.63. The summed E-state index contributed by atoms with van der Waals surface area (Å²) in [5.41, 5.74) is 2.84. The van der Waals surface area contributed by atoms with Crippen LogP contribution in [0.5, 0.6) is 0 Å². The average Bonchev–Trinajstić information content (AvgIpc) is 3.22. The minimum absolute atomic E-state index is 0.100. The number of amides is 1. The molecular formula is C18H16Cl2N8OS. The largest absolute Gasteiger partial charge is 0.310 e. The number of pyridine rings is 1. The molecule has 4 rings (SSSR count). The predicted octanol–water partition coefficient (Wildman–Crippen LogP) is 3.67. The van der Waals surface area contributed by atoms with Gasteiger partial charge in [-0.05, 0) is 32.9 Å². The topological polar surface area (TPSA) is 103 Å². The number of aryl methyl sites for hydroxylation is 3. The first-order valence-corrected chi connectivity index (χ1v) is 10.6. The van der Waals surface area contributed by atoms with E-state index in [4.69, 9.17) is 23.2 Å². The van der Waals surface area contributed by atoms with Crippen LogP contribution in [0.1, 0.15) is 17.1 Å². The molecule has 0 saturated carbocycles. The van der Waals surface area contributed by atoms with E-state index in [1.54, 1.807) is 22.7 Å². The fourth-order valence-electron chi connectivity index (χ4n) is 2.85. The van der Waals surface area contributed by atoms with Crippen molar-refractivity contribution in [3.05, 3.63) is 51.5 Å². The third-order valence-electron chi connectivity index (χ3n) is 3.99. The maximum absolute atomic E-state index is 12.6. The SMILES string of the molecule is Cc1cc(C)nc(-n2nc(C)cc2NC(=O)CSc2nnc3c(Cl)cc(Cl)cn23)n1. The highest BCUT2D eigenvalue weighted by molar-refractivity contribution is 7.99. The molecule has 4 aromatic rings. The lowest BCUT2D eigenvalue weighted by Gasteiger charge is -2.08. The zero-order valence-corrected chi connectivity index (χ0v) is 18.5. The first-order chi connectivity index (χ1) is 14.3. The molecule has 0 saturated heterocycles. The summed E-state index contributed by atoms with van der Waals surface area (Å²) < 4.78 is 3.17. The second-order valence-corrected chi connectivity index (χ2v) is 8.34. The van der Waals surface area contributed by atoms with Gasteiger partial charge in [-0.3, -0.25) is 9.20 Å². The summed E-state index contributed by atoms with van der Waals surface area (Å²) in [6.07, 6.45) is 1.65. The van der Waals surface area contributed by atoms with Crippen LogP contribution in [-0.4, -0.2) is 46.0 Å². The number of nitrogens with zero attached hydrogens (tertiary/aromatic N) is 7. The van der Waals surface area contributed by atoms with Gasteiger partial charge in [-0.2, -0.15) is 9.78 Å². The van der Waals surface area contributed by atoms with Crippen molar-refractivity contribution >= 4 is 52.3 Å². The summed E-state index contributed by atoms with van der Waals surface area (Å²) in [5, 5.41) is 16.7. The molecule has 9 nitrogen and oxygen atoms in total. The number of carbonyl (C=O) groups excluding carboxylic acids is 1. The standard InChI is InChI=1S/C18H16Cl2N8OS/c1-9-4-10(2)22-17(21-9)28-14(5-11(3)26-28)23-15(29)8-30-18-25-24-16-13(20)6-12(19)7-27(16)18/h4-7H,8H2,1-3H3,(H,23,29). The highest BCUT2D eigenvalue weighted by atomic mass is 35.5. The van der Waals surface area contributed by atoms with Crippen molar-refractivity contribution in [2.45, 2.75) is 25.9 Å². The van der Waals surface area contributed by atoms with Crippen molar-refractivity contribution in [3.63, 3.8) is 0 Å². The van der Waals surface area contributed by atoms with Crippen LogP contribution in [0.25, 0.3) is 11.6 Å². The number of anilines is 1. The van der Waals surface area contributed by atoms with Crippen molar-refractivity contribution in [2.24, 2.45) is 0 Å². The van der Waals surface area contributed by atoms with E-state index in [1.807, 2.05) is 26.8 Å². The molecule has 0 atom stereocenters. The third kappa shape index (κ3) is 4.25. The first-order valence-electron chi connectivity index (χ1n) is 8.82. The Hall–Kier alpha value is -2.69. The van der Waals surface area contributed by atoms with Crippen molar-refractivity contribution in [1.29, 1.82) is 0 Å². The van der Waals surface area contributed by atoms with Crippen LogP contribution in [0.15, 0.2) is 29.6 Å². The van der Waals surface area contributed by atoms with Crippen LogP contribution in [0, 0.1) is 20.8 Å². The van der Waals surface area contributed by atoms with Gasteiger partial charge < -0.3 is 5.32 Å². The fraction of sp³-hybridized carbons (Fsp3) is 0.222. The van der Waals surface area contributed by atoms with E-state index in [0.717, 1.165) is 17.1 Å². The maximum atomic E-state index is 12.6. The molecule has 0 aliphatic carbocycles. The number of nitrogens with one attached hydrogen (secondary N) is 1. The number of rotatable bonds is 5. The molecule has 4 heterocycles. The van der Waals surface area contributed by atoms with Gasteiger partial charge in [0, 0.05) is 23.7 Å². The van der Waals surface area contributed by atoms with Gasteiger partial charge in [0.1, 0.15) is 5.82 Å². The van der Waals surface area contributed by atoms with Crippen LogP contribution in [0.4, 0.5) is 5.82 Å². The molecule has 0 unspecified atom stereocenters. The van der Waals surface area contributed by atoms with Crippen molar-refractivity contribution in [3.8, 4) is 5.95 Å². The number of carbonyl (C=O) groups is 1. The van der Waals surface area contributed by atoms with Crippen molar-refractivity contribution in [1.82, 2.24) is 34.3 Å². The monoisotopic (exact) mass is 462 g/mol. The molecule has 0 spiro atoms. The van der Waals surface area contributed by atoms with E-state index in [0.29, 0.717) is 32.6 Å². The summed E-state index contributed by atoms with van der Waals surface area (Å²) in [7, 11) is 0. The summed E-state index contributed by atoms with van der Waals surface area (Å²) in [6, 6.07) is 5.22. The Labute approximate surface area is 185 Å². The van der Waals surface area contributed by atoms with Gasteiger partial charge in [0.15, 0.2) is 10.8 Å². The van der Waals surface area contributed by atoms with Gasteiger partial charge in [0.25, 0.3) is 5.95 Å². The molecule has 1 N–H and O–H groups in total. The van der Waals surface area contributed by atoms with E-state index >= 15 is 0 Å². The molecule has 4 aromatic heterocycles. The summed E-state index contributed by atoms with van der Waals surface area (Å²) in [6.45, 7) is 5.59. The molecule has 0 radical (unpaired) electrons. The lowest BCUT2D eigenvalue weighted by Crippen LogP contribution is -2.18. The highest BCUT2D eigenvalue weighted by Crippen LogP contribution is 2.25. The molecule has 12 heteroatoms. The van der Waals surface area contributed by atoms with E-state index in [-0.39, 0.29) is 11.7 Å². The van der Waals surface area contributed by atoms with Gasteiger partial charge in [-0.1, -0.05) is 35.0 Å². The molecule has 0 aromatic carbocycles. The van der Waals surface area contributed by atoms with Crippen molar-refractivity contribution < 1.29 is 4.79 Å². The quantitative estimate of drug-likeness (QED) is 0.451. The van der Waals surface area contributed by atoms with Crippen molar-refractivity contribution in [2.75, 3.05) is 11.1 Å². The molecule has 0 aliphatic rings. The van der Waals surface area contributed by atoms with Crippen LogP contribution in [0.2, 0.25) is 10.0 Å². The number of thioether (sulfide) groups is 1. The van der Waals surface area contributed by atoms with Gasteiger partial charge in [0.2, 0.25) is 5.91 Å². The van der Waals surface area contributed by atoms with E-state index in [9.17, 15) is 4.79 Å². The third-order valence-corrected chi connectivity index (χ3v) is 5.41.